The van der Waals surface area contributed by atoms with Crippen LogP contribution < -0.4 is 0 Å². The molecule has 1 radical (unpaired) electrons. The second-order valence-corrected chi connectivity index (χ2v) is 6.56. The molecule has 2 aromatic rings. The maximum absolute atomic E-state index is 13.0. The Hall–Kier alpha value is -1.75. The first-order valence-corrected chi connectivity index (χ1v) is 7.88. The Kier molecular flexibility index (Phi) is 2.85. The molecule has 4 rings (SSSR count). The zero-order chi connectivity index (χ0) is 14.6. The topological polar surface area (TPSA) is 33.2 Å². The number of nitrogens with zero attached hydrogens (tertiary/aromatic N) is 2. The summed E-state index contributed by atoms with van der Waals surface area (Å²) in [6, 6.07) is 6.57. The van der Waals surface area contributed by atoms with Gasteiger partial charge in [-0.1, -0.05) is 12.1 Å². The third-order valence-electron chi connectivity index (χ3n) is 4.32. The molecule has 3 atom stereocenters. The van der Waals surface area contributed by atoms with E-state index in [0.29, 0.717) is 17.7 Å². The number of likely N-dealkylation sites (tertiary alicyclic amines) is 1. The first kappa shape index (κ1) is 13.0. The highest BCUT2D eigenvalue weighted by atomic mass is 32.1. The van der Waals surface area contributed by atoms with Crippen LogP contribution in [-0.2, 0) is 0 Å². The molecule has 0 unspecified atom stereocenters. The van der Waals surface area contributed by atoms with Crippen molar-refractivity contribution in [1.29, 1.82) is 0 Å². The van der Waals surface area contributed by atoms with Crippen molar-refractivity contribution in [2.24, 2.45) is 5.92 Å². The summed E-state index contributed by atoms with van der Waals surface area (Å²) in [6.45, 7) is 4.08. The van der Waals surface area contributed by atoms with Crippen LogP contribution in [0, 0.1) is 18.7 Å². The summed E-state index contributed by atoms with van der Waals surface area (Å²) in [5.74, 6) is 0.305. The van der Waals surface area contributed by atoms with Crippen molar-refractivity contribution in [2.75, 3.05) is 0 Å². The number of fused-ring (bicyclic) bond motifs is 1. The summed E-state index contributed by atoms with van der Waals surface area (Å²) in [6.07, 6.45) is 2.08. The normalized spacial score (nSPS) is 26.8. The van der Waals surface area contributed by atoms with Gasteiger partial charge in [0.25, 0.3) is 5.91 Å². The maximum Gasteiger partial charge on any atom is 0.274 e. The molecule has 0 bridgehead atoms. The van der Waals surface area contributed by atoms with Crippen molar-refractivity contribution in [2.45, 2.75) is 24.9 Å². The Morgan fingerprint density at radius 1 is 1.33 bits per heavy atom. The number of amides is 1. The fourth-order valence-corrected chi connectivity index (χ4v) is 3.99. The van der Waals surface area contributed by atoms with Crippen LogP contribution >= 0.6 is 11.3 Å². The lowest BCUT2D eigenvalue weighted by atomic mass is 10.1. The summed E-state index contributed by atoms with van der Waals surface area (Å²) in [4.78, 5) is 19.7. The van der Waals surface area contributed by atoms with Gasteiger partial charge in [0.15, 0.2) is 0 Å². The monoisotopic (exact) mass is 301 g/mol. The van der Waals surface area contributed by atoms with Crippen LogP contribution in [-0.4, -0.2) is 27.9 Å². The zero-order valence-corrected chi connectivity index (χ0v) is 12.1. The number of halogens is 1. The quantitative estimate of drug-likeness (QED) is 0.852. The maximum atomic E-state index is 13.0. The average molecular weight is 301 g/mol. The molecule has 2 aliphatic rings. The van der Waals surface area contributed by atoms with E-state index in [1.54, 1.807) is 17.6 Å². The Bertz CT molecular complexity index is 695. The van der Waals surface area contributed by atoms with E-state index >= 15 is 0 Å². The standard InChI is InChI=1S/C16H14FN2OS/c1-9-6-11-7-13(11)19(9)16(20)14-15(21-8-18-14)10-2-4-12(17)5-3-10/h2-5,8-9,11,13H,1,6-7H2/t9-,11+,13-/m0/s1. The molecular weight excluding hydrogens is 287 g/mol. The second kappa shape index (κ2) is 4.63. The van der Waals surface area contributed by atoms with E-state index in [-0.39, 0.29) is 17.8 Å². The molecule has 1 saturated carbocycles. The van der Waals surface area contributed by atoms with Crippen LogP contribution in [0.4, 0.5) is 4.39 Å². The smallest absolute Gasteiger partial charge is 0.274 e. The van der Waals surface area contributed by atoms with E-state index in [4.69, 9.17) is 0 Å². The number of carbonyl (C=O) groups is 1. The summed E-state index contributed by atoms with van der Waals surface area (Å²) < 4.78 is 13.0. The highest BCUT2D eigenvalue weighted by Crippen LogP contribution is 2.48. The number of hydrogen-bond donors (Lipinski definition) is 0. The van der Waals surface area contributed by atoms with Crippen LogP contribution in [0.15, 0.2) is 29.8 Å². The van der Waals surface area contributed by atoms with Crippen molar-refractivity contribution in [3.05, 3.63) is 48.2 Å². The number of hydrogen-bond acceptors (Lipinski definition) is 3. The second-order valence-electron chi connectivity index (χ2n) is 5.70. The molecule has 3 nitrogen and oxygen atoms in total. The Balaban J connectivity index is 1.68. The van der Waals surface area contributed by atoms with Crippen molar-refractivity contribution in [3.8, 4) is 10.4 Å². The minimum Gasteiger partial charge on any atom is -0.331 e. The van der Waals surface area contributed by atoms with E-state index in [9.17, 15) is 9.18 Å². The number of benzene rings is 1. The molecule has 21 heavy (non-hydrogen) atoms. The minimum atomic E-state index is -0.283. The van der Waals surface area contributed by atoms with Gasteiger partial charge in [0.05, 0.1) is 10.4 Å². The third-order valence-corrected chi connectivity index (χ3v) is 5.20. The summed E-state index contributed by atoms with van der Waals surface area (Å²) >= 11 is 1.41. The lowest BCUT2D eigenvalue weighted by molar-refractivity contribution is 0.0725. The summed E-state index contributed by atoms with van der Waals surface area (Å²) in [5, 5.41) is 0. The first-order valence-electron chi connectivity index (χ1n) is 7.00. The Morgan fingerprint density at radius 2 is 2.10 bits per heavy atom. The Labute approximate surface area is 126 Å². The van der Waals surface area contributed by atoms with E-state index in [1.807, 2.05) is 4.90 Å². The minimum absolute atomic E-state index is 0.0411. The predicted octanol–water partition coefficient (Wildman–Crippen LogP) is 3.39. The van der Waals surface area contributed by atoms with Crippen LogP contribution in [0.2, 0.25) is 0 Å². The van der Waals surface area contributed by atoms with Crippen LogP contribution in [0.5, 0.6) is 0 Å². The van der Waals surface area contributed by atoms with Crippen LogP contribution in [0.1, 0.15) is 23.3 Å². The zero-order valence-electron chi connectivity index (χ0n) is 11.3. The fraction of sp³-hybridized carbons (Fsp3) is 0.312. The lowest BCUT2D eigenvalue weighted by Gasteiger charge is -2.24. The average Bonchev–Trinajstić information content (AvgIpc) is 2.93. The highest BCUT2D eigenvalue weighted by molar-refractivity contribution is 7.13. The molecule has 2 heterocycles. The molecule has 1 amide bonds. The molecule has 1 aliphatic heterocycles. The van der Waals surface area contributed by atoms with Crippen LogP contribution in [0.3, 0.4) is 0 Å². The molecular formula is C16H14FN2OS. The molecule has 0 spiro atoms. The number of aromatic nitrogens is 1. The molecule has 1 aromatic carbocycles. The van der Waals surface area contributed by atoms with Gasteiger partial charge in [0.1, 0.15) is 11.5 Å². The van der Waals surface area contributed by atoms with Gasteiger partial charge >= 0.3 is 0 Å². The number of rotatable bonds is 2. The Morgan fingerprint density at radius 3 is 2.76 bits per heavy atom. The van der Waals surface area contributed by atoms with Gasteiger partial charge in [-0.3, -0.25) is 4.79 Å². The third kappa shape index (κ3) is 2.07. The summed E-state index contributed by atoms with van der Waals surface area (Å²) in [7, 11) is 0. The van der Waals surface area contributed by atoms with E-state index in [2.05, 4.69) is 11.9 Å². The summed E-state index contributed by atoms with van der Waals surface area (Å²) in [5.41, 5.74) is 2.96. The van der Waals surface area contributed by atoms with E-state index < -0.39 is 0 Å². The van der Waals surface area contributed by atoms with Gasteiger partial charge in [-0.2, -0.15) is 0 Å². The van der Waals surface area contributed by atoms with Gasteiger partial charge in [-0.15, -0.1) is 11.3 Å². The largest absolute Gasteiger partial charge is 0.331 e. The molecule has 1 saturated heterocycles. The SMILES string of the molecule is [CH2][C@H]1C[C@@H]2C[C@@H]2N1C(=O)c1ncsc1-c1ccc(F)cc1. The van der Waals surface area contributed by atoms with Crippen LogP contribution in [0.25, 0.3) is 10.4 Å². The number of thiazole rings is 1. The van der Waals surface area contributed by atoms with Gasteiger partial charge in [-0.05, 0) is 43.4 Å². The molecule has 5 heteroatoms. The van der Waals surface area contributed by atoms with Gasteiger partial charge in [0, 0.05) is 12.1 Å². The molecule has 0 N–H and O–H groups in total. The van der Waals surface area contributed by atoms with Crippen molar-refractivity contribution in [3.63, 3.8) is 0 Å². The van der Waals surface area contributed by atoms with Crippen molar-refractivity contribution >= 4 is 17.2 Å². The molecule has 107 valence electrons. The lowest BCUT2D eigenvalue weighted by Crippen LogP contribution is -2.37. The predicted molar refractivity (Wildman–Crippen MR) is 79.3 cm³/mol. The van der Waals surface area contributed by atoms with Gasteiger partial charge in [0.2, 0.25) is 0 Å². The van der Waals surface area contributed by atoms with Crippen molar-refractivity contribution in [1.82, 2.24) is 9.88 Å². The van der Waals surface area contributed by atoms with Gasteiger partial charge in [-0.25, -0.2) is 9.37 Å². The van der Waals surface area contributed by atoms with E-state index in [1.165, 1.54) is 23.5 Å². The van der Waals surface area contributed by atoms with Crippen molar-refractivity contribution < 1.29 is 9.18 Å². The van der Waals surface area contributed by atoms with E-state index in [0.717, 1.165) is 23.3 Å². The first-order chi connectivity index (χ1) is 10.1. The van der Waals surface area contributed by atoms with Gasteiger partial charge < -0.3 is 4.90 Å². The molecule has 1 aromatic heterocycles. The molecule has 2 fully saturated rings. The number of carbonyl (C=O) groups excluding carboxylic acids is 1. The number of piperidine rings is 1. The fourth-order valence-electron chi connectivity index (χ4n) is 3.20. The highest BCUT2D eigenvalue weighted by Gasteiger charge is 2.53. The molecule has 1 aliphatic carbocycles.